The second-order valence-corrected chi connectivity index (χ2v) is 5.70. The van der Waals surface area contributed by atoms with E-state index < -0.39 is 6.10 Å². The van der Waals surface area contributed by atoms with Gasteiger partial charge in [-0.05, 0) is 43.2 Å². The first-order chi connectivity index (χ1) is 11.6. The van der Waals surface area contributed by atoms with Gasteiger partial charge in [0.2, 0.25) is 6.10 Å². The monoisotopic (exact) mass is 327 g/mol. The van der Waals surface area contributed by atoms with E-state index in [0.29, 0.717) is 24.7 Å². The van der Waals surface area contributed by atoms with E-state index in [-0.39, 0.29) is 12.5 Å². The number of rotatable bonds is 5. The molecule has 1 aliphatic rings. The summed E-state index contributed by atoms with van der Waals surface area (Å²) in [6, 6.07) is 13.3. The van der Waals surface area contributed by atoms with Crippen molar-refractivity contribution in [3.05, 3.63) is 53.6 Å². The third kappa shape index (κ3) is 3.62. The zero-order chi connectivity index (χ0) is 16.9. The van der Waals surface area contributed by atoms with Gasteiger partial charge in [-0.15, -0.1) is 0 Å². The zero-order valence-electron chi connectivity index (χ0n) is 13.9. The van der Waals surface area contributed by atoms with E-state index in [9.17, 15) is 4.79 Å². The summed E-state index contributed by atoms with van der Waals surface area (Å²) in [5.41, 5.74) is 2.30. The number of carbonyl (C=O) groups is 1. The highest BCUT2D eigenvalue weighted by Crippen LogP contribution is 2.30. The number of nitrogens with one attached hydrogen (secondary N) is 1. The van der Waals surface area contributed by atoms with E-state index in [0.717, 1.165) is 11.3 Å². The van der Waals surface area contributed by atoms with Crippen LogP contribution in [-0.4, -0.2) is 31.8 Å². The highest BCUT2D eigenvalue weighted by molar-refractivity contribution is 5.81. The average Bonchev–Trinajstić information content (AvgIpc) is 2.61. The fraction of sp³-hybridized carbons (Fsp3) is 0.316. The standard InChI is InChI=1S/C19H21NO4/c1-13-6-5-9-15(14(13)2)22-11-10-20-19(21)18-12-23-16-7-3-4-8-17(16)24-18/h3-9,18H,10-12H2,1-2H3,(H,20,21). The Bertz CT molecular complexity index is 729. The van der Waals surface area contributed by atoms with Crippen molar-refractivity contribution in [2.24, 2.45) is 0 Å². The lowest BCUT2D eigenvalue weighted by atomic mass is 10.1. The highest BCUT2D eigenvalue weighted by atomic mass is 16.6. The van der Waals surface area contributed by atoms with Gasteiger partial charge < -0.3 is 19.5 Å². The summed E-state index contributed by atoms with van der Waals surface area (Å²) in [6.45, 7) is 5.09. The Labute approximate surface area is 141 Å². The summed E-state index contributed by atoms with van der Waals surface area (Å²) in [5.74, 6) is 1.90. The zero-order valence-corrected chi connectivity index (χ0v) is 13.9. The molecule has 5 nitrogen and oxygen atoms in total. The second-order valence-electron chi connectivity index (χ2n) is 5.70. The molecule has 0 fully saturated rings. The van der Waals surface area contributed by atoms with Crippen molar-refractivity contribution in [1.82, 2.24) is 5.32 Å². The van der Waals surface area contributed by atoms with Crippen molar-refractivity contribution in [1.29, 1.82) is 0 Å². The fourth-order valence-corrected chi connectivity index (χ4v) is 2.48. The lowest BCUT2D eigenvalue weighted by Crippen LogP contribution is -2.45. The first-order valence-electron chi connectivity index (χ1n) is 8.00. The predicted molar refractivity (Wildman–Crippen MR) is 90.8 cm³/mol. The third-order valence-electron chi connectivity index (χ3n) is 4.01. The maximum Gasteiger partial charge on any atom is 0.264 e. The van der Waals surface area contributed by atoms with Gasteiger partial charge in [-0.3, -0.25) is 4.79 Å². The molecular formula is C19H21NO4. The molecule has 1 unspecified atom stereocenters. The smallest absolute Gasteiger partial charge is 0.264 e. The predicted octanol–water partition coefficient (Wildman–Crippen LogP) is 2.64. The van der Waals surface area contributed by atoms with Gasteiger partial charge in [0.25, 0.3) is 5.91 Å². The molecule has 2 aromatic rings. The molecule has 0 bridgehead atoms. The number of hydrogen-bond acceptors (Lipinski definition) is 4. The van der Waals surface area contributed by atoms with Gasteiger partial charge in [-0.25, -0.2) is 0 Å². The van der Waals surface area contributed by atoms with Crippen molar-refractivity contribution >= 4 is 5.91 Å². The lowest BCUT2D eigenvalue weighted by Gasteiger charge is -2.25. The first kappa shape index (κ1) is 16.2. The van der Waals surface area contributed by atoms with E-state index in [1.807, 2.05) is 50.2 Å². The minimum absolute atomic E-state index is 0.200. The van der Waals surface area contributed by atoms with E-state index >= 15 is 0 Å². The minimum atomic E-state index is -0.638. The summed E-state index contributed by atoms with van der Waals surface area (Å²) in [4.78, 5) is 12.2. The highest BCUT2D eigenvalue weighted by Gasteiger charge is 2.26. The maximum atomic E-state index is 12.2. The molecule has 0 radical (unpaired) electrons. The van der Waals surface area contributed by atoms with E-state index in [2.05, 4.69) is 5.32 Å². The van der Waals surface area contributed by atoms with Crippen LogP contribution in [0.1, 0.15) is 11.1 Å². The molecule has 0 aliphatic carbocycles. The molecule has 1 N–H and O–H groups in total. The van der Waals surface area contributed by atoms with Crippen molar-refractivity contribution in [2.45, 2.75) is 20.0 Å². The summed E-state index contributed by atoms with van der Waals surface area (Å²) >= 11 is 0. The SMILES string of the molecule is Cc1cccc(OCCNC(=O)C2COc3ccccc3O2)c1C. The van der Waals surface area contributed by atoms with Gasteiger partial charge in [0.05, 0.1) is 6.54 Å². The Kier molecular flexibility index (Phi) is 4.89. The number of para-hydroxylation sites is 2. The Balaban J connectivity index is 1.46. The summed E-state index contributed by atoms with van der Waals surface area (Å²) in [7, 11) is 0. The molecule has 1 amide bonds. The lowest BCUT2D eigenvalue weighted by molar-refractivity contribution is -0.130. The van der Waals surface area contributed by atoms with Gasteiger partial charge >= 0.3 is 0 Å². The number of aryl methyl sites for hydroxylation is 1. The van der Waals surface area contributed by atoms with Gasteiger partial charge in [0, 0.05) is 0 Å². The molecule has 0 saturated heterocycles. The summed E-state index contributed by atoms with van der Waals surface area (Å²) < 4.78 is 16.9. The molecule has 5 heteroatoms. The summed E-state index contributed by atoms with van der Waals surface area (Å²) in [5, 5.41) is 2.82. The van der Waals surface area contributed by atoms with Gasteiger partial charge in [-0.1, -0.05) is 24.3 Å². The molecule has 1 heterocycles. The van der Waals surface area contributed by atoms with Gasteiger partial charge in [-0.2, -0.15) is 0 Å². The van der Waals surface area contributed by atoms with Crippen LogP contribution in [0.3, 0.4) is 0 Å². The minimum Gasteiger partial charge on any atom is -0.491 e. The molecule has 0 spiro atoms. The van der Waals surface area contributed by atoms with Crippen LogP contribution in [0.25, 0.3) is 0 Å². The Morgan fingerprint density at radius 3 is 2.79 bits per heavy atom. The first-order valence-corrected chi connectivity index (χ1v) is 8.00. The number of benzene rings is 2. The van der Waals surface area contributed by atoms with Crippen molar-refractivity contribution < 1.29 is 19.0 Å². The Morgan fingerprint density at radius 1 is 1.17 bits per heavy atom. The van der Waals surface area contributed by atoms with Crippen LogP contribution < -0.4 is 19.5 Å². The molecule has 1 atom stereocenters. The van der Waals surface area contributed by atoms with Crippen LogP contribution in [0, 0.1) is 13.8 Å². The number of fused-ring (bicyclic) bond motifs is 1. The molecule has 24 heavy (non-hydrogen) atoms. The van der Waals surface area contributed by atoms with Crippen molar-refractivity contribution in [3.8, 4) is 17.2 Å². The molecule has 2 aromatic carbocycles. The normalized spacial score (nSPS) is 15.7. The largest absolute Gasteiger partial charge is 0.491 e. The molecule has 0 saturated carbocycles. The van der Waals surface area contributed by atoms with E-state index in [4.69, 9.17) is 14.2 Å². The van der Waals surface area contributed by atoms with Crippen LogP contribution in [0.2, 0.25) is 0 Å². The number of hydrogen-bond donors (Lipinski definition) is 1. The number of amides is 1. The van der Waals surface area contributed by atoms with Crippen LogP contribution >= 0.6 is 0 Å². The molecule has 126 valence electrons. The topological polar surface area (TPSA) is 56.8 Å². The Morgan fingerprint density at radius 2 is 1.96 bits per heavy atom. The number of carbonyl (C=O) groups excluding carboxylic acids is 1. The fourth-order valence-electron chi connectivity index (χ4n) is 2.48. The van der Waals surface area contributed by atoms with E-state index in [1.54, 1.807) is 6.07 Å². The average molecular weight is 327 g/mol. The summed E-state index contributed by atoms with van der Waals surface area (Å²) in [6.07, 6.45) is -0.638. The molecule has 3 rings (SSSR count). The quantitative estimate of drug-likeness (QED) is 0.858. The van der Waals surface area contributed by atoms with Gasteiger partial charge in [0.15, 0.2) is 11.5 Å². The van der Waals surface area contributed by atoms with Crippen molar-refractivity contribution in [3.63, 3.8) is 0 Å². The molecule has 1 aliphatic heterocycles. The maximum absolute atomic E-state index is 12.2. The van der Waals surface area contributed by atoms with Crippen LogP contribution in [0.15, 0.2) is 42.5 Å². The molecular weight excluding hydrogens is 306 g/mol. The number of ether oxygens (including phenoxy) is 3. The van der Waals surface area contributed by atoms with Crippen LogP contribution in [-0.2, 0) is 4.79 Å². The van der Waals surface area contributed by atoms with Crippen LogP contribution in [0.5, 0.6) is 17.2 Å². The third-order valence-corrected chi connectivity index (χ3v) is 4.01. The molecule has 0 aromatic heterocycles. The van der Waals surface area contributed by atoms with Crippen molar-refractivity contribution in [2.75, 3.05) is 19.8 Å². The van der Waals surface area contributed by atoms with Gasteiger partial charge in [0.1, 0.15) is 19.0 Å². The Hall–Kier alpha value is -2.69. The van der Waals surface area contributed by atoms with E-state index in [1.165, 1.54) is 5.56 Å². The van der Waals surface area contributed by atoms with Crippen LogP contribution in [0.4, 0.5) is 0 Å². The second kappa shape index (κ2) is 7.25.